The molecular formula is C57H44Cl10N10O5. The van der Waals surface area contributed by atoms with E-state index in [0.717, 1.165) is 11.4 Å². The highest BCUT2D eigenvalue weighted by Gasteiger charge is 2.16. The minimum Gasteiger partial charge on any atom is -0.504 e. The van der Waals surface area contributed by atoms with Gasteiger partial charge in [-0.25, -0.2) is 24.9 Å². The van der Waals surface area contributed by atoms with E-state index in [0.29, 0.717) is 110 Å². The molecule has 0 bridgehead atoms. The Morgan fingerprint density at radius 3 is 0.951 bits per heavy atom. The number of phenols is 5. The van der Waals surface area contributed by atoms with Gasteiger partial charge >= 0.3 is 0 Å². The first-order valence-corrected chi connectivity index (χ1v) is 27.3. The van der Waals surface area contributed by atoms with Gasteiger partial charge < -0.3 is 35.7 Å². The number of aromatic hydroxyl groups is 5. The number of hydrogen-bond donors (Lipinski definition) is 6. The maximum atomic E-state index is 9.89. The Hall–Kier alpha value is -6.62. The molecule has 0 aliphatic carbocycles. The number of rotatable bonds is 7. The van der Waals surface area contributed by atoms with Crippen molar-refractivity contribution in [2.24, 2.45) is 15.0 Å². The zero-order valence-corrected chi connectivity index (χ0v) is 51.0. The second-order valence-electron chi connectivity index (χ2n) is 16.9. The number of benzene rings is 5. The highest BCUT2D eigenvalue weighted by atomic mass is 35.5. The zero-order chi connectivity index (χ0) is 60.1. The minimum absolute atomic E-state index is 0.0287. The lowest BCUT2D eigenvalue weighted by Gasteiger charge is -2.11. The van der Waals surface area contributed by atoms with E-state index in [9.17, 15) is 25.5 Å². The lowest BCUT2D eigenvalue weighted by molar-refractivity contribution is 0.468. The normalized spacial score (nSPS) is 11.1. The Balaban J connectivity index is 0.000000165. The molecule has 25 heteroatoms. The fourth-order valence-electron chi connectivity index (χ4n) is 7.41. The SMILES string of the molecule is C#CN(C)Cc1ccc2c(Cl)cc(Cl)c(O)c2n1.CN=Cc1ccc2c(Cl)cc(Cl)c(O)c2n1.CN=Cc1ccc2c(Cl)cc(Cl)c(O)c2n1.CN=Cc1ccc2c(Cl)cc(Cl)c(O)c2n1.CNCc1ccc2c(Cl)cc(Cl)c(O)c2n1. The van der Waals surface area contributed by atoms with Gasteiger partial charge in [-0.1, -0.05) is 122 Å². The molecule has 5 aromatic carbocycles. The van der Waals surface area contributed by atoms with Gasteiger partial charge in [-0.2, -0.15) is 0 Å². The fourth-order valence-corrected chi connectivity index (χ4v) is 9.99. The van der Waals surface area contributed by atoms with Crippen molar-refractivity contribution in [2.45, 2.75) is 13.1 Å². The van der Waals surface area contributed by atoms with Crippen molar-refractivity contribution in [3.8, 4) is 41.2 Å². The van der Waals surface area contributed by atoms with Gasteiger partial charge in [0.05, 0.1) is 85.2 Å². The number of aliphatic imine (C=N–C) groups is 3. The number of terminal acetylenes is 1. The maximum absolute atomic E-state index is 9.89. The molecule has 15 nitrogen and oxygen atoms in total. The van der Waals surface area contributed by atoms with Crippen LogP contribution in [0.25, 0.3) is 54.5 Å². The summed E-state index contributed by atoms with van der Waals surface area (Å²) in [7, 11) is 8.55. The highest BCUT2D eigenvalue weighted by molar-refractivity contribution is 6.42. The first-order valence-electron chi connectivity index (χ1n) is 23.5. The van der Waals surface area contributed by atoms with Crippen LogP contribution in [0.5, 0.6) is 28.7 Å². The smallest absolute Gasteiger partial charge is 0.160 e. The van der Waals surface area contributed by atoms with E-state index in [-0.39, 0.29) is 53.9 Å². The van der Waals surface area contributed by atoms with Crippen LogP contribution in [-0.4, -0.2) is 109 Å². The van der Waals surface area contributed by atoms with E-state index in [1.807, 2.05) is 25.2 Å². The van der Waals surface area contributed by atoms with Crippen LogP contribution in [0.1, 0.15) is 28.5 Å². The molecule has 10 aromatic rings. The van der Waals surface area contributed by atoms with Gasteiger partial charge in [-0.05, 0) is 98.0 Å². The first-order chi connectivity index (χ1) is 39.0. The van der Waals surface area contributed by atoms with Crippen LogP contribution in [0, 0.1) is 12.5 Å². The quantitative estimate of drug-likeness (QED) is 0.0499. The highest BCUT2D eigenvalue weighted by Crippen LogP contribution is 2.40. The van der Waals surface area contributed by atoms with Crippen LogP contribution < -0.4 is 5.32 Å². The van der Waals surface area contributed by atoms with Crippen molar-refractivity contribution in [1.82, 2.24) is 35.1 Å². The molecule has 0 unspecified atom stereocenters. The van der Waals surface area contributed by atoms with Crippen LogP contribution in [0.4, 0.5) is 0 Å². The summed E-state index contributed by atoms with van der Waals surface area (Å²) in [5, 5.41) is 58.7. The Kier molecular flexibility index (Phi) is 23.3. The van der Waals surface area contributed by atoms with Crippen molar-refractivity contribution in [3.63, 3.8) is 0 Å². The number of nitrogens with zero attached hydrogens (tertiary/aromatic N) is 9. The van der Waals surface area contributed by atoms with Gasteiger partial charge in [0.1, 0.15) is 27.6 Å². The van der Waals surface area contributed by atoms with Gasteiger partial charge in [0.25, 0.3) is 0 Å². The summed E-state index contributed by atoms with van der Waals surface area (Å²) in [4.78, 5) is 34.5. The van der Waals surface area contributed by atoms with Crippen LogP contribution in [0.2, 0.25) is 50.2 Å². The average molecular weight is 1300 g/mol. The van der Waals surface area contributed by atoms with E-state index in [2.05, 4.69) is 51.3 Å². The molecule has 0 saturated heterocycles. The molecule has 0 amide bonds. The second-order valence-corrected chi connectivity index (χ2v) is 21.0. The van der Waals surface area contributed by atoms with E-state index in [1.54, 1.807) is 94.2 Å². The summed E-state index contributed by atoms with van der Waals surface area (Å²) in [6.45, 7) is 1.11. The summed E-state index contributed by atoms with van der Waals surface area (Å²) >= 11 is 59.2. The monoisotopic (exact) mass is 1300 g/mol. The molecule has 0 radical (unpaired) electrons. The lowest BCUT2D eigenvalue weighted by Crippen LogP contribution is -2.11. The van der Waals surface area contributed by atoms with Crippen LogP contribution in [0.3, 0.4) is 0 Å². The predicted octanol–water partition coefficient (Wildman–Crippen LogP) is 16.1. The van der Waals surface area contributed by atoms with E-state index >= 15 is 0 Å². The standard InChI is InChI=1S/C13H10Cl2N2O.C11H10Cl2N2O.3C11H8Cl2N2O/c1-3-17(2)7-8-4-5-9-10(14)6-11(15)13(18)12(9)16-8;4*1-14-5-6-2-3-7-8(12)4-9(13)11(16)10(7)15-6/h1,4-6,18H,7H2,2H3;2-4,14,16H,5H2,1H3;3*2-5,16H,1H3. The Morgan fingerprint density at radius 1 is 0.427 bits per heavy atom. The Bertz CT molecular complexity index is 3920. The van der Waals surface area contributed by atoms with Crippen LogP contribution >= 0.6 is 116 Å². The third kappa shape index (κ3) is 15.7. The minimum atomic E-state index is -0.0683. The number of halogens is 10. The van der Waals surface area contributed by atoms with Gasteiger partial charge in [0.2, 0.25) is 0 Å². The van der Waals surface area contributed by atoms with E-state index < -0.39 is 0 Å². The van der Waals surface area contributed by atoms with E-state index in [1.165, 1.54) is 30.3 Å². The molecule has 422 valence electrons. The van der Waals surface area contributed by atoms with E-state index in [4.69, 9.17) is 122 Å². The molecule has 5 heterocycles. The molecule has 82 heavy (non-hydrogen) atoms. The Morgan fingerprint density at radius 2 is 0.683 bits per heavy atom. The van der Waals surface area contributed by atoms with Gasteiger partial charge in [0, 0.05) is 86.4 Å². The third-order valence-electron chi connectivity index (χ3n) is 11.2. The first kappa shape index (κ1) is 64.5. The zero-order valence-electron chi connectivity index (χ0n) is 43.4. The molecular weight excluding hydrogens is 1260 g/mol. The molecule has 0 aliphatic rings. The molecule has 10 rings (SSSR count). The number of pyridine rings is 5. The van der Waals surface area contributed by atoms with Crippen molar-refractivity contribution in [3.05, 3.63) is 170 Å². The van der Waals surface area contributed by atoms with Crippen LogP contribution in [-0.2, 0) is 13.1 Å². The van der Waals surface area contributed by atoms with Crippen molar-refractivity contribution in [2.75, 3.05) is 35.2 Å². The van der Waals surface area contributed by atoms with Gasteiger partial charge in [-0.3, -0.25) is 15.0 Å². The maximum Gasteiger partial charge on any atom is 0.160 e. The van der Waals surface area contributed by atoms with Crippen LogP contribution in [0.15, 0.2) is 106 Å². The molecule has 6 N–H and O–H groups in total. The molecule has 0 atom stereocenters. The molecule has 5 aromatic heterocycles. The number of nitrogens with one attached hydrogen (secondary N) is 1. The summed E-state index contributed by atoms with van der Waals surface area (Å²) in [5.41, 5.74) is 5.46. The summed E-state index contributed by atoms with van der Waals surface area (Å²) in [6.07, 6.45) is 10.0. The van der Waals surface area contributed by atoms with Crippen molar-refractivity contribution in [1.29, 1.82) is 0 Å². The summed E-state index contributed by atoms with van der Waals surface area (Å²) < 4.78 is 0. The van der Waals surface area contributed by atoms with Crippen molar-refractivity contribution < 1.29 is 25.5 Å². The number of phenolic OH excluding ortho intramolecular Hbond substituents is 5. The average Bonchev–Trinajstić information content (AvgIpc) is 3.67. The topological polar surface area (TPSA) is 218 Å². The third-order valence-corrected chi connectivity index (χ3v) is 14.2. The summed E-state index contributed by atoms with van der Waals surface area (Å²) in [6, 6.07) is 27.9. The van der Waals surface area contributed by atoms with Gasteiger partial charge in [0.15, 0.2) is 28.7 Å². The fraction of sp³-hybridized carbons (Fsp3) is 0.123. The lowest BCUT2D eigenvalue weighted by atomic mass is 10.2. The second kappa shape index (κ2) is 29.6. The molecule has 0 saturated carbocycles. The molecule has 0 aliphatic heterocycles. The molecule has 0 spiro atoms. The predicted molar refractivity (Wildman–Crippen MR) is 341 cm³/mol. The number of fused-ring (bicyclic) bond motifs is 5. The Labute approximate surface area is 520 Å². The molecule has 0 fully saturated rings. The summed E-state index contributed by atoms with van der Waals surface area (Å²) in [5.74, 6) is -0.285. The largest absolute Gasteiger partial charge is 0.504 e. The number of aromatic nitrogens is 5. The number of hydrogen-bond acceptors (Lipinski definition) is 15. The van der Waals surface area contributed by atoms with Gasteiger partial charge in [-0.15, -0.1) is 0 Å². The van der Waals surface area contributed by atoms with Crippen molar-refractivity contribution >= 4 is 189 Å².